The van der Waals surface area contributed by atoms with Crippen LogP contribution in [0.5, 0.6) is 0 Å². The van der Waals surface area contributed by atoms with Gasteiger partial charge in [-0.2, -0.15) is 0 Å². The summed E-state index contributed by atoms with van der Waals surface area (Å²) in [5.74, 6) is 1.12. The van der Waals surface area contributed by atoms with Crippen LogP contribution in [-0.4, -0.2) is 24.7 Å². The summed E-state index contributed by atoms with van der Waals surface area (Å²) in [5, 5.41) is 0. The van der Waals surface area contributed by atoms with E-state index in [0.717, 1.165) is 24.4 Å². The minimum Gasteiger partial charge on any atom is -0.330 e. The van der Waals surface area contributed by atoms with Gasteiger partial charge in [-0.15, -0.1) is 11.8 Å². The highest BCUT2D eigenvalue weighted by Gasteiger charge is 2.24. The first-order valence-corrected chi connectivity index (χ1v) is 7.01. The lowest BCUT2D eigenvalue weighted by atomic mass is 10.1. The molecule has 2 N–H and O–H groups in total. The quantitative estimate of drug-likeness (QED) is 0.893. The van der Waals surface area contributed by atoms with Crippen molar-refractivity contribution in [1.29, 1.82) is 0 Å². The molecular formula is C13H18N2OS. The molecule has 1 heterocycles. The predicted molar refractivity (Wildman–Crippen MR) is 72.6 cm³/mol. The van der Waals surface area contributed by atoms with Gasteiger partial charge in [0.25, 0.3) is 0 Å². The first-order chi connectivity index (χ1) is 8.27. The molecule has 0 radical (unpaired) electrons. The molecule has 17 heavy (non-hydrogen) atoms. The van der Waals surface area contributed by atoms with Gasteiger partial charge in [0, 0.05) is 30.2 Å². The van der Waals surface area contributed by atoms with Crippen LogP contribution in [0.3, 0.4) is 0 Å². The molecule has 0 atom stereocenters. The number of carbonyl (C=O) groups is 1. The normalized spacial score (nSPS) is 14.6. The molecule has 0 aliphatic carbocycles. The van der Waals surface area contributed by atoms with Gasteiger partial charge in [0.2, 0.25) is 5.91 Å². The van der Waals surface area contributed by atoms with Crippen molar-refractivity contribution < 1.29 is 4.79 Å². The van der Waals surface area contributed by atoms with Crippen molar-refractivity contribution in [3.05, 3.63) is 23.8 Å². The third-order valence-corrected chi connectivity index (χ3v) is 3.99. The van der Waals surface area contributed by atoms with Crippen molar-refractivity contribution in [3.63, 3.8) is 0 Å². The van der Waals surface area contributed by atoms with Crippen molar-refractivity contribution in [1.82, 2.24) is 0 Å². The number of anilines is 1. The SMILES string of the molecule is CCc1cccc2c1N(C(=O)CCN)CCS2. The number of carbonyl (C=O) groups excluding carboxylic acids is 1. The van der Waals surface area contributed by atoms with Gasteiger partial charge in [-0.1, -0.05) is 19.1 Å². The van der Waals surface area contributed by atoms with Crippen LogP contribution in [0.25, 0.3) is 0 Å². The fourth-order valence-electron chi connectivity index (χ4n) is 2.14. The molecule has 0 aromatic heterocycles. The zero-order valence-electron chi connectivity index (χ0n) is 10.1. The number of nitrogens with zero attached hydrogens (tertiary/aromatic N) is 1. The summed E-state index contributed by atoms with van der Waals surface area (Å²) in [6, 6.07) is 6.27. The van der Waals surface area contributed by atoms with Crippen LogP contribution in [0.2, 0.25) is 0 Å². The maximum absolute atomic E-state index is 12.1. The number of para-hydroxylation sites is 1. The molecule has 1 aliphatic heterocycles. The first-order valence-electron chi connectivity index (χ1n) is 6.03. The summed E-state index contributed by atoms with van der Waals surface area (Å²) in [6.07, 6.45) is 1.39. The Morgan fingerprint density at radius 3 is 3.06 bits per heavy atom. The second-order valence-electron chi connectivity index (χ2n) is 4.05. The van der Waals surface area contributed by atoms with Crippen LogP contribution in [0.4, 0.5) is 5.69 Å². The molecule has 1 aromatic carbocycles. The summed E-state index contributed by atoms with van der Waals surface area (Å²) >= 11 is 1.83. The maximum atomic E-state index is 12.1. The van der Waals surface area contributed by atoms with Gasteiger partial charge >= 0.3 is 0 Å². The van der Waals surface area contributed by atoms with Gasteiger partial charge in [-0.3, -0.25) is 4.79 Å². The Kier molecular flexibility index (Phi) is 4.07. The molecular weight excluding hydrogens is 232 g/mol. The summed E-state index contributed by atoms with van der Waals surface area (Å²) in [4.78, 5) is 15.2. The number of hydrogen-bond donors (Lipinski definition) is 1. The molecule has 0 saturated heterocycles. The zero-order chi connectivity index (χ0) is 12.3. The van der Waals surface area contributed by atoms with Crippen molar-refractivity contribution in [2.45, 2.75) is 24.7 Å². The topological polar surface area (TPSA) is 46.3 Å². The monoisotopic (exact) mass is 250 g/mol. The average molecular weight is 250 g/mol. The minimum absolute atomic E-state index is 0.148. The van der Waals surface area contributed by atoms with Crippen LogP contribution in [-0.2, 0) is 11.2 Å². The fraction of sp³-hybridized carbons (Fsp3) is 0.462. The Morgan fingerprint density at radius 2 is 2.35 bits per heavy atom. The molecule has 1 aliphatic rings. The highest BCUT2D eigenvalue weighted by atomic mass is 32.2. The van der Waals surface area contributed by atoms with E-state index in [2.05, 4.69) is 25.1 Å². The third-order valence-electron chi connectivity index (χ3n) is 2.97. The largest absolute Gasteiger partial charge is 0.330 e. The highest BCUT2D eigenvalue weighted by Crippen LogP contribution is 2.37. The molecule has 0 fully saturated rings. The summed E-state index contributed by atoms with van der Waals surface area (Å²) in [6.45, 7) is 3.35. The van der Waals surface area contributed by atoms with Crippen LogP contribution >= 0.6 is 11.8 Å². The van der Waals surface area contributed by atoms with Crippen LogP contribution in [0.15, 0.2) is 23.1 Å². The van der Waals surface area contributed by atoms with E-state index in [-0.39, 0.29) is 5.91 Å². The Balaban J connectivity index is 2.38. The molecule has 0 unspecified atom stereocenters. The van der Waals surface area contributed by atoms with Crippen molar-refractivity contribution >= 4 is 23.4 Å². The van der Waals surface area contributed by atoms with Crippen LogP contribution < -0.4 is 10.6 Å². The second kappa shape index (κ2) is 5.56. The molecule has 92 valence electrons. The van der Waals surface area contributed by atoms with Crippen molar-refractivity contribution in [2.24, 2.45) is 5.73 Å². The van der Waals surface area contributed by atoms with Crippen LogP contribution in [0.1, 0.15) is 18.9 Å². The van der Waals surface area contributed by atoms with Gasteiger partial charge < -0.3 is 10.6 Å². The average Bonchev–Trinajstić information content (AvgIpc) is 2.37. The number of benzene rings is 1. The van der Waals surface area contributed by atoms with Gasteiger partial charge in [-0.25, -0.2) is 0 Å². The Hall–Kier alpha value is -1.000. The Bertz CT molecular complexity index is 406. The Labute approximate surface area is 106 Å². The minimum atomic E-state index is 0.148. The van der Waals surface area contributed by atoms with E-state index >= 15 is 0 Å². The van der Waals surface area contributed by atoms with E-state index in [4.69, 9.17) is 5.73 Å². The number of nitrogens with two attached hydrogens (primary N) is 1. The molecule has 3 nitrogen and oxygen atoms in total. The molecule has 0 saturated carbocycles. The summed E-state index contributed by atoms with van der Waals surface area (Å²) in [7, 11) is 0. The third kappa shape index (κ3) is 2.48. The van der Waals surface area contributed by atoms with E-state index in [1.54, 1.807) is 0 Å². The molecule has 2 rings (SSSR count). The van der Waals surface area contributed by atoms with E-state index in [1.165, 1.54) is 10.5 Å². The zero-order valence-corrected chi connectivity index (χ0v) is 10.9. The van der Waals surface area contributed by atoms with Crippen LogP contribution in [0, 0.1) is 0 Å². The fourth-order valence-corrected chi connectivity index (χ4v) is 3.19. The van der Waals surface area contributed by atoms with E-state index in [0.29, 0.717) is 13.0 Å². The van der Waals surface area contributed by atoms with Gasteiger partial charge in [0.15, 0.2) is 0 Å². The number of hydrogen-bond acceptors (Lipinski definition) is 3. The lowest BCUT2D eigenvalue weighted by Crippen LogP contribution is -2.37. The molecule has 0 spiro atoms. The first kappa shape index (κ1) is 12.5. The summed E-state index contributed by atoms with van der Waals surface area (Å²) < 4.78 is 0. The lowest BCUT2D eigenvalue weighted by Gasteiger charge is -2.31. The number of thioether (sulfide) groups is 1. The number of amides is 1. The molecule has 1 aromatic rings. The van der Waals surface area contributed by atoms with E-state index in [9.17, 15) is 4.79 Å². The maximum Gasteiger partial charge on any atom is 0.228 e. The molecule has 0 bridgehead atoms. The standard InChI is InChI=1S/C13H18N2OS/c1-2-10-4-3-5-11-13(10)15(8-9-17-11)12(16)6-7-14/h3-5H,2,6-9,14H2,1H3. The number of aryl methyl sites for hydroxylation is 1. The predicted octanol–water partition coefficient (Wildman–Crippen LogP) is 2.04. The van der Waals surface area contributed by atoms with Crippen molar-refractivity contribution in [3.8, 4) is 0 Å². The van der Waals surface area contributed by atoms with Gasteiger partial charge in [-0.05, 0) is 18.1 Å². The highest BCUT2D eigenvalue weighted by molar-refractivity contribution is 7.99. The number of rotatable bonds is 3. The number of fused-ring (bicyclic) bond motifs is 1. The van der Waals surface area contributed by atoms with E-state index < -0.39 is 0 Å². The Morgan fingerprint density at radius 1 is 1.53 bits per heavy atom. The molecule has 4 heteroatoms. The lowest BCUT2D eigenvalue weighted by molar-refractivity contribution is -0.118. The second-order valence-corrected chi connectivity index (χ2v) is 5.19. The summed E-state index contributed by atoms with van der Waals surface area (Å²) in [5.41, 5.74) is 7.84. The van der Waals surface area contributed by atoms with Crippen molar-refractivity contribution in [2.75, 3.05) is 23.7 Å². The van der Waals surface area contributed by atoms with Gasteiger partial charge in [0.1, 0.15) is 0 Å². The van der Waals surface area contributed by atoms with Gasteiger partial charge in [0.05, 0.1) is 5.69 Å². The van der Waals surface area contributed by atoms with E-state index in [1.807, 2.05) is 16.7 Å². The smallest absolute Gasteiger partial charge is 0.228 e. The molecule has 1 amide bonds.